The molecule has 0 saturated heterocycles. The maximum Gasteiger partial charge on any atom is 0.220 e. The zero-order chi connectivity index (χ0) is 25.3. The van der Waals surface area contributed by atoms with Gasteiger partial charge in [-0.2, -0.15) is 0 Å². The monoisotopic (exact) mass is 503 g/mol. The minimum atomic E-state index is 0.224. The van der Waals surface area contributed by atoms with Crippen LogP contribution in [0.5, 0.6) is 0 Å². The van der Waals surface area contributed by atoms with Crippen molar-refractivity contribution in [2.24, 2.45) is 5.92 Å². The minimum absolute atomic E-state index is 0.224. The predicted octanol–water partition coefficient (Wildman–Crippen LogP) is 7.81. The van der Waals surface area contributed by atoms with Crippen molar-refractivity contribution in [2.45, 2.75) is 83.8 Å². The first-order valence-electron chi connectivity index (χ1n) is 13.7. The van der Waals surface area contributed by atoms with Crippen LogP contribution in [0.15, 0.2) is 53.7 Å². The zero-order valence-corrected chi connectivity index (χ0v) is 23.0. The van der Waals surface area contributed by atoms with Gasteiger partial charge in [-0.15, -0.1) is 0 Å². The Labute approximate surface area is 221 Å². The van der Waals surface area contributed by atoms with Crippen LogP contribution in [0.25, 0.3) is 22.5 Å². The fraction of sp³-hybridized carbons (Fsp3) is 0.484. The largest absolute Gasteiger partial charge is 0.356 e. The Balaban J connectivity index is 1.36. The number of hydrogen-bond acceptors (Lipinski definition) is 3. The van der Waals surface area contributed by atoms with E-state index in [1.165, 1.54) is 48.1 Å². The fourth-order valence-electron chi connectivity index (χ4n) is 5.09. The lowest BCUT2D eigenvalue weighted by molar-refractivity contribution is -0.121. The van der Waals surface area contributed by atoms with E-state index in [2.05, 4.69) is 79.2 Å². The maximum absolute atomic E-state index is 12.2. The highest BCUT2D eigenvalue weighted by Crippen LogP contribution is 2.36. The Bertz CT molecular complexity index is 1110. The standard InChI is InChI=1S/C31H41N3OS/c1-4-34-30(27-18-13-24(3)14-19-27)29(26-16-11-23(2)12-17-26)33-31(34)36-22-8-7-21-32-28(35)20-15-25-9-5-6-10-25/h11-14,16-19,25H,4-10,15,20-22H2,1-3H3,(H,32,35). The van der Waals surface area contributed by atoms with Crippen molar-refractivity contribution in [3.8, 4) is 22.5 Å². The molecule has 4 rings (SSSR count). The molecule has 4 nitrogen and oxygen atoms in total. The second kappa shape index (κ2) is 13.1. The smallest absolute Gasteiger partial charge is 0.220 e. The van der Waals surface area contributed by atoms with Crippen LogP contribution in [-0.2, 0) is 11.3 Å². The van der Waals surface area contributed by atoms with E-state index >= 15 is 0 Å². The van der Waals surface area contributed by atoms with Gasteiger partial charge >= 0.3 is 0 Å². The van der Waals surface area contributed by atoms with Crippen molar-refractivity contribution in [2.75, 3.05) is 12.3 Å². The molecule has 5 heteroatoms. The van der Waals surface area contributed by atoms with Crippen molar-refractivity contribution < 1.29 is 4.79 Å². The van der Waals surface area contributed by atoms with Gasteiger partial charge in [-0.25, -0.2) is 4.98 Å². The number of hydrogen-bond donors (Lipinski definition) is 1. The topological polar surface area (TPSA) is 46.9 Å². The third kappa shape index (κ3) is 7.03. The lowest BCUT2D eigenvalue weighted by atomic mass is 10.0. The van der Waals surface area contributed by atoms with Gasteiger partial charge in [0.15, 0.2) is 5.16 Å². The Kier molecular flexibility index (Phi) is 9.68. The molecule has 1 N–H and O–H groups in total. The Hall–Kier alpha value is -2.53. The molecule has 1 aromatic heterocycles. The molecule has 1 amide bonds. The molecule has 1 saturated carbocycles. The second-order valence-corrected chi connectivity index (χ2v) is 11.2. The summed E-state index contributed by atoms with van der Waals surface area (Å²) in [6, 6.07) is 17.5. The molecule has 0 radical (unpaired) electrons. The predicted molar refractivity (Wildman–Crippen MR) is 152 cm³/mol. The molecule has 0 atom stereocenters. The van der Waals surface area contributed by atoms with E-state index in [9.17, 15) is 4.79 Å². The number of nitrogens with one attached hydrogen (secondary N) is 1. The summed E-state index contributed by atoms with van der Waals surface area (Å²) in [5.74, 6) is 2.00. The Morgan fingerprint density at radius 1 is 0.972 bits per heavy atom. The molecule has 0 aliphatic heterocycles. The lowest BCUT2D eigenvalue weighted by Gasteiger charge is -2.11. The van der Waals surface area contributed by atoms with Crippen LogP contribution in [0, 0.1) is 19.8 Å². The van der Waals surface area contributed by atoms with E-state index in [0.717, 1.165) is 60.4 Å². The van der Waals surface area contributed by atoms with Gasteiger partial charge in [0.1, 0.15) is 0 Å². The molecule has 192 valence electrons. The zero-order valence-electron chi connectivity index (χ0n) is 22.2. The van der Waals surface area contributed by atoms with Crippen molar-refractivity contribution >= 4 is 17.7 Å². The molecule has 2 aromatic carbocycles. The van der Waals surface area contributed by atoms with Crippen LogP contribution in [0.1, 0.15) is 69.4 Å². The highest BCUT2D eigenvalue weighted by Gasteiger charge is 2.20. The summed E-state index contributed by atoms with van der Waals surface area (Å²) < 4.78 is 2.36. The summed E-state index contributed by atoms with van der Waals surface area (Å²) >= 11 is 1.83. The number of imidazole rings is 1. The lowest BCUT2D eigenvalue weighted by Crippen LogP contribution is -2.24. The normalized spacial score (nSPS) is 13.9. The molecule has 0 bridgehead atoms. The second-order valence-electron chi connectivity index (χ2n) is 10.2. The average molecular weight is 504 g/mol. The molecule has 0 unspecified atom stereocenters. The molecule has 36 heavy (non-hydrogen) atoms. The van der Waals surface area contributed by atoms with Crippen LogP contribution in [0.4, 0.5) is 0 Å². The first-order chi connectivity index (χ1) is 17.5. The molecule has 0 spiro atoms. The minimum Gasteiger partial charge on any atom is -0.356 e. The van der Waals surface area contributed by atoms with Gasteiger partial charge < -0.3 is 9.88 Å². The van der Waals surface area contributed by atoms with Gasteiger partial charge in [-0.1, -0.05) is 97.1 Å². The van der Waals surface area contributed by atoms with Crippen LogP contribution in [0.2, 0.25) is 0 Å². The number of aryl methyl sites for hydroxylation is 2. The van der Waals surface area contributed by atoms with E-state index in [4.69, 9.17) is 4.98 Å². The molecule has 1 heterocycles. The van der Waals surface area contributed by atoms with Gasteiger partial charge in [-0.05, 0) is 46.0 Å². The van der Waals surface area contributed by atoms with Gasteiger partial charge in [-0.3, -0.25) is 4.79 Å². The van der Waals surface area contributed by atoms with E-state index in [1.807, 2.05) is 11.8 Å². The average Bonchev–Trinajstić information content (AvgIpc) is 3.54. The van der Waals surface area contributed by atoms with Crippen LogP contribution in [0.3, 0.4) is 0 Å². The number of benzene rings is 2. The maximum atomic E-state index is 12.2. The molecule has 3 aromatic rings. The number of rotatable bonds is 12. The van der Waals surface area contributed by atoms with E-state index in [0.29, 0.717) is 6.42 Å². The third-order valence-corrected chi connectivity index (χ3v) is 8.34. The van der Waals surface area contributed by atoms with Crippen molar-refractivity contribution in [1.82, 2.24) is 14.9 Å². The van der Waals surface area contributed by atoms with Gasteiger partial charge in [0, 0.05) is 36.4 Å². The molecular formula is C31H41N3OS. The van der Waals surface area contributed by atoms with E-state index in [-0.39, 0.29) is 5.91 Å². The number of nitrogens with zero attached hydrogens (tertiary/aromatic N) is 2. The number of carbonyl (C=O) groups is 1. The van der Waals surface area contributed by atoms with Gasteiger partial charge in [0.05, 0.1) is 11.4 Å². The van der Waals surface area contributed by atoms with E-state index < -0.39 is 0 Å². The number of unbranched alkanes of at least 4 members (excludes halogenated alkanes) is 1. The number of amides is 1. The van der Waals surface area contributed by atoms with Gasteiger partial charge in [0.2, 0.25) is 5.91 Å². The summed E-state index contributed by atoms with van der Waals surface area (Å²) in [5, 5.41) is 4.20. The summed E-state index contributed by atoms with van der Waals surface area (Å²) in [7, 11) is 0. The highest BCUT2D eigenvalue weighted by atomic mass is 32.2. The first-order valence-corrected chi connectivity index (χ1v) is 14.7. The number of thioether (sulfide) groups is 1. The van der Waals surface area contributed by atoms with Crippen LogP contribution < -0.4 is 5.32 Å². The van der Waals surface area contributed by atoms with E-state index in [1.54, 1.807) is 0 Å². The third-order valence-electron chi connectivity index (χ3n) is 7.28. The van der Waals surface area contributed by atoms with Crippen molar-refractivity contribution in [3.63, 3.8) is 0 Å². The molecular weight excluding hydrogens is 462 g/mol. The SMILES string of the molecule is CCn1c(SCCCCNC(=O)CCC2CCCC2)nc(-c2ccc(C)cc2)c1-c1ccc(C)cc1. The van der Waals surface area contributed by atoms with Crippen LogP contribution >= 0.6 is 11.8 Å². The fourth-order valence-corrected chi connectivity index (χ4v) is 6.16. The molecule has 1 fully saturated rings. The highest BCUT2D eigenvalue weighted by molar-refractivity contribution is 7.99. The summed E-state index contributed by atoms with van der Waals surface area (Å²) in [6.07, 6.45) is 9.14. The quantitative estimate of drug-likeness (QED) is 0.202. The van der Waals surface area contributed by atoms with Crippen molar-refractivity contribution in [1.29, 1.82) is 0 Å². The summed E-state index contributed by atoms with van der Waals surface area (Å²) in [6.45, 7) is 8.09. The summed E-state index contributed by atoms with van der Waals surface area (Å²) in [4.78, 5) is 17.3. The number of carbonyl (C=O) groups excluding carboxylic acids is 1. The molecule has 1 aliphatic rings. The Morgan fingerprint density at radius 2 is 1.61 bits per heavy atom. The molecule has 1 aliphatic carbocycles. The van der Waals surface area contributed by atoms with Gasteiger partial charge in [0.25, 0.3) is 0 Å². The number of aromatic nitrogens is 2. The van der Waals surface area contributed by atoms with Crippen molar-refractivity contribution in [3.05, 3.63) is 59.7 Å². The Morgan fingerprint density at radius 3 is 2.25 bits per heavy atom. The first kappa shape index (κ1) is 26.5. The summed E-state index contributed by atoms with van der Waals surface area (Å²) in [5.41, 5.74) is 7.13. The van der Waals surface area contributed by atoms with Crippen LogP contribution in [-0.4, -0.2) is 27.8 Å².